The molecular formula is C15H25NOS. The van der Waals surface area contributed by atoms with Crippen molar-refractivity contribution >= 4 is 10.8 Å². The second-order valence-electron chi connectivity index (χ2n) is 5.19. The summed E-state index contributed by atoms with van der Waals surface area (Å²) in [4.78, 5) is 0. The van der Waals surface area contributed by atoms with Gasteiger partial charge in [-0.05, 0) is 23.5 Å². The molecule has 0 saturated carbocycles. The van der Waals surface area contributed by atoms with Crippen LogP contribution in [-0.2, 0) is 10.8 Å². The van der Waals surface area contributed by atoms with Gasteiger partial charge in [0, 0.05) is 27.8 Å². The van der Waals surface area contributed by atoms with Crippen molar-refractivity contribution in [3.05, 3.63) is 35.4 Å². The summed E-state index contributed by atoms with van der Waals surface area (Å²) in [5.41, 5.74) is 8.52. The first kappa shape index (κ1) is 15.4. The van der Waals surface area contributed by atoms with E-state index < -0.39 is 10.8 Å². The van der Waals surface area contributed by atoms with E-state index in [-0.39, 0.29) is 11.3 Å². The topological polar surface area (TPSA) is 43.1 Å². The molecule has 3 atom stereocenters. The van der Waals surface area contributed by atoms with E-state index in [1.807, 2.05) is 6.92 Å². The van der Waals surface area contributed by atoms with E-state index in [4.69, 9.17) is 5.73 Å². The second-order valence-corrected chi connectivity index (χ2v) is 7.09. The van der Waals surface area contributed by atoms with E-state index in [0.29, 0.717) is 11.7 Å². The molecule has 0 saturated heterocycles. The Morgan fingerprint density at radius 2 is 1.61 bits per heavy atom. The predicted molar refractivity (Wildman–Crippen MR) is 80.2 cm³/mol. The summed E-state index contributed by atoms with van der Waals surface area (Å²) in [7, 11) is -0.835. The van der Waals surface area contributed by atoms with Crippen LogP contribution in [0.1, 0.15) is 57.2 Å². The Balaban J connectivity index is 2.67. The molecule has 0 aliphatic heterocycles. The zero-order valence-electron chi connectivity index (χ0n) is 11.8. The molecule has 0 aliphatic carbocycles. The Morgan fingerprint density at radius 3 is 2.06 bits per heavy atom. The lowest BCUT2D eigenvalue weighted by atomic mass is 10.00. The SMILES string of the molecule is CCC(C)S(=O)CC(N)c1ccc(C(C)C)cc1. The fourth-order valence-corrected chi connectivity index (χ4v) is 3.00. The molecule has 0 bridgehead atoms. The third kappa shape index (κ3) is 4.21. The van der Waals surface area contributed by atoms with Gasteiger partial charge in [0.15, 0.2) is 0 Å². The average molecular weight is 267 g/mol. The lowest BCUT2D eigenvalue weighted by Crippen LogP contribution is -2.23. The summed E-state index contributed by atoms with van der Waals surface area (Å²) in [6, 6.07) is 8.24. The molecule has 2 nitrogen and oxygen atoms in total. The number of hydrogen-bond donors (Lipinski definition) is 1. The van der Waals surface area contributed by atoms with E-state index in [9.17, 15) is 4.21 Å². The first-order valence-electron chi connectivity index (χ1n) is 6.68. The van der Waals surface area contributed by atoms with Crippen LogP contribution in [0.2, 0.25) is 0 Å². The fourth-order valence-electron chi connectivity index (χ4n) is 1.75. The third-order valence-corrected chi connectivity index (χ3v) is 5.32. The minimum atomic E-state index is -0.835. The van der Waals surface area contributed by atoms with Gasteiger partial charge < -0.3 is 5.73 Å². The Labute approximate surface area is 113 Å². The molecule has 2 N–H and O–H groups in total. The van der Waals surface area contributed by atoms with Gasteiger partial charge in [0.1, 0.15) is 0 Å². The summed E-state index contributed by atoms with van der Waals surface area (Å²) < 4.78 is 12.0. The van der Waals surface area contributed by atoms with Crippen LogP contribution in [0.4, 0.5) is 0 Å². The molecule has 0 fully saturated rings. The molecule has 18 heavy (non-hydrogen) atoms. The molecule has 0 spiro atoms. The zero-order valence-corrected chi connectivity index (χ0v) is 12.7. The van der Waals surface area contributed by atoms with Crippen LogP contribution < -0.4 is 5.73 Å². The van der Waals surface area contributed by atoms with E-state index >= 15 is 0 Å². The maximum Gasteiger partial charge on any atom is 0.0431 e. The highest BCUT2D eigenvalue weighted by Gasteiger charge is 2.14. The molecule has 1 aromatic rings. The van der Waals surface area contributed by atoms with E-state index in [1.165, 1.54) is 5.56 Å². The minimum Gasteiger partial charge on any atom is -0.323 e. The average Bonchev–Trinajstić information content (AvgIpc) is 2.37. The zero-order chi connectivity index (χ0) is 13.7. The number of rotatable bonds is 6. The summed E-state index contributed by atoms with van der Waals surface area (Å²) >= 11 is 0. The van der Waals surface area contributed by atoms with E-state index in [1.54, 1.807) is 0 Å². The summed E-state index contributed by atoms with van der Waals surface area (Å²) in [5, 5.41) is 0.228. The van der Waals surface area contributed by atoms with Crippen molar-refractivity contribution in [1.82, 2.24) is 0 Å². The highest BCUT2D eigenvalue weighted by molar-refractivity contribution is 7.85. The second kappa shape index (κ2) is 7.05. The quantitative estimate of drug-likeness (QED) is 0.859. The lowest BCUT2D eigenvalue weighted by molar-refractivity contribution is 0.662. The molecule has 0 heterocycles. The molecule has 1 rings (SSSR count). The molecule has 0 aliphatic rings. The highest BCUT2D eigenvalue weighted by Crippen LogP contribution is 2.19. The monoisotopic (exact) mass is 267 g/mol. The lowest BCUT2D eigenvalue weighted by Gasteiger charge is -2.15. The van der Waals surface area contributed by atoms with Crippen molar-refractivity contribution in [3.63, 3.8) is 0 Å². The first-order valence-corrected chi connectivity index (χ1v) is 8.06. The summed E-state index contributed by atoms with van der Waals surface area (Å²) in [5.74, 6) is 1.08. The van der Waals surface area contributed by atoms with Crippen LogP contribution in [0.15, 0.2) is 24.3 Å². The van der Waals surface area contributed by atoms with Crippen LogP contribution in [0.25, 0.3) is 0 Å². The van der Waals surface area contributed by atoms with Crippen LogP contribution in [0, 0.1) is 0 Å². The van der Waals surface area contributed by atoms with Gasteiger partial charge in [-0.1, -0.05) is 52.0 Å². The number of hydrogen-bond acceptors (Lipinski definition) is 2. The number of benzene rings is 1. The van der Waals surface area contributed by atoms with Gasteiger partial charge in [0.2, 0.25) is 0 Å². The number of nitrogens with two attached hydrogens (primary N) is 1. The molecule has 3 unspecified atom stereocenters. The Morgan fingerprint density at radius 1 is 1.11 bits per heavy atom. The normalized spacial score (nSPS) is 16.6. The molecule has 0 aromatic heterocycles. The van der Waals surface area contributed by atoms with Gasteiger partial charge in [-0.15, -0.1) is 0 Å². The molecule has 0 amide bonds. The van der Waals surface area contributed by atoms with Crippen LogP contribution >= 0.6 is 0 Å². The van der Waals surface area contributed by atoms with Gasteiger partial charge in [-0.25, -0.2) is 0 Å². The smallest absolute Gasteiger partial charge is 0.0431 e. The minimum absolute atomic E-state index is 0.124. The van der Waals surface area contributed by atoms with Gasteiger partial charge in [0.05, 0.1) is 0 Å². The van der Waals surface area contributed by atoms with E-state index in [2.05, 4.69) is 45.0 Å². The molecule has 0 radical (unpaired) electrons. The Kier molecular flexibility index (Phi) is 6.03. The highest BCUT2D eigenvalue weighted by atomic mass is 32.2. The fraction of sp³-hybridized carbons (Fsp3) is 0.600. The Hall–Kier alpha value is -0.670. The predicted octanol–water partition coefficient (Wildman–Crippen LogP) is 3.36. The van der Waals surface area contributed by atoms with Gasteiger partial charge in [-0.3, -0.25) is 4.21 Å². The Bertz CT molecular complexity index is 386. The molecule has 102 valence electrons. The summed E-state index contributed by atoms with van der Waals surface area (Å²) in [6.07, 6.45) is 0.936. The molecule has 1 aromatic carbocycles. The van der Waals surface area contributed by atoms with Crippen molar-refractivity contribution in [2.45, 2.75) is 51.3 Å². The van der Waals surface area contributed by atoms with Crippen molar-refractivity contribution in [1.29, 1.82) is 0 Å². The van der Waals surface area contributed by atoms with Gasteiger partial charge >= 0.3 is 0 Å². The first-order chi connectivity index (χ1) is 8.45. The maximum absolute atomic E-state index is 12.0. The summed E-state index contributed by atoms with van der Waals surface area (Å²) in [6.45, 7) is 8.43. The van der Waals surface area contributed by atoms with Gasteiger partial charge in [0.25, 0.3) is 0 Å². The standard InChI is InChI=1S/C15H25NOS/c1-5-12(4)18(17)10-15(16)14-8-6-13(7-9-14)11(2)3/h6-9,11-12,15H,5,10,16H2,1-4H3. The van der Waals surface area contributed by atoms with Crippen molar-refractivity contribution in [2.75, 3.05) is 5.75 Å². The van der Waals surface area contributed by atoms with E-state index in [0.717, 1.165) is 12.0 Å². The third-order valence-electron chi connectivity index (χ3n) is 3.40. The van der Waals surface area contributed by atoms with Crippen molar-refractivity contribution in [3.8, 4) is 0 Å². The van der Waals surface area contributed by atoms with Crippen molar-refractivity contribution < 1.29 is 4.21 Å². The maximum atomic E-state index is 12.0. The van der Waals surface area contributed by atoms with Crippen molar-refractivity contribution in [2.24, 2.45) is 5.73 Å². The van der Waals surface area contributed by atoms with Crippen LogP contribution in [-0.4, -0.2) is 15.2 Å². The molecular weight excluding hydrogens is 242 g/mol. The molecule has 3 heteroatoms. The van der Waals surface area contributed by atoms with Crippen LogP contribution in [0.5, 0.6) is 0 Å². The van der Waals surface area contributed by atoms with Gasteiger partial charge in [-0.2, -0.15) is 0 Å². The largest absolute Gasteiger partial charge is 0.323 e. The van der Waals surface area contributed by atoms with Crippen LogP contribution in [0.3, 0.4) is 0 Å².